The molecular formula is C38H61N5O10. The average Bonchev–Trinajstić information content (AvgIpc) is 3.16. The molecule has 8 N–H and O–H groups in total. The molecule has 0 bridgehead atoms. The van der Waals surface area contributed by atoms with Gasteiger partial charge in [0.05, 0.1) is 20.3 Å². The molecule has 2 aromatic carbocycles. The summed E-state index contributed by atoms with van der Waals surface area (Å²) in [6.45, 7) is 17.9. The first kappa shape index (κ1) is 49.9. The molecule has 5 atom stereocenters. The number of amides is 4. The number of nitrogens with two attached hydrogens (primary N) is 1. The highest BCUT2D eigenvalue weighted by Gasteiger charge is 2.28. The fourth-order valence-electron chi connectivity index (χ4n) is 4.44. The van der Waals surface area contributed by atoms with Gasteiger partial charge in [-0.2, -0.15) is 0 Å². The minimum Gasteiger partial charge on any atom is -0.507 e. The van der Waals surface area contributed by atoms with E-state index in [0.717, 1.165) is 0 Å². The Labute approximate surface area is 313 Å². The molecule has 53 heavy (non-hydrogen) atoms. The summed E-state index contributed by atoms with van der Waals surface area (Å²) in [5.41, 5.74) is 6.97. The highest BCUT2D eigenvalue weighted by molar-refractivity contribution is 5.92. The van der Waals surface area contributed by atoms with Crippen LogP contribution in [0, 0.1) is 0 Å². The van der Waals surface area contributed by atoms with Gasteiger partial charge in [-0.25, -0.2) is 9.59 Å². The van der Waals surface area contributed by atoms with Gasteiger partial charge in [-0.1, -0.05) is 60.6 Å². The lowest BCUT2D eigenvalue weighted by molar-refractivity contribution is -0.145. The van der Waals surface area contributed by atoms with Crippen LogP contribution in [-0.2, 0) is 51.1 Å². The van der Waals surface area contributed by atoms with E-state index in [1.165, 1.54) is 71.4 Å². The second-order valence-electron chi connectivity index (χ2n) is 10.9. The van der Waals surface area contributed by atoms with Crippen molar-refractivity contribution in [1.29, 1.82) is 0 Å². The second kappa shape index (κ2) is 26.6. The fourth-order valence-corrected chi connectivity index (χ4v) is 4.44. The molecule has 0 aliphatic carbocycles. The lowest BCUT2D eigenvalue weighted by Crippen LogP contribution is -2.54. The van der Waals surface area contributed by atoms with E-state index in [4.69, 9.17) is 5.73 Å². The second-order valence-corrected chi connectivity index (χ2v) is 10.9. The summed E-state index contributed by atoms with van der Waals surface area (Å²) in [6.07, 6.45) is -0.0260. The standard InChI is InChI=1S/C32H43N5O10.3C2H6/c1-7-27(40)36-23(29(42)34-17(3)31(44)46-5)14-19-8-10-25(38)21(12-19)22-13-20(9-11-26(22)39)15-24(37-28(41)16(2)33)30(43)35-18(4)32(45)47-6;3*1-2/h8-13,16-18,23-24,38-39H,7,14-15,33H2,1-6H3,(H,34,42)(H,35,43)(H,36,40)(H,37,41);3*1-2H3/t16?,17-,18?,23?,24?;;;/m0.../s1. The van der Waals surface area contributed by atoms with Crippen molar-refractivity contribution in [3.8, 4) is 22.6 Å². The van der Waals surface area contributed by atoms with Crippen LogP contribution in [-0.4, -0.2) is 90.2 Å². The van der Waals surface area contributed by atoms with Gasteiger partial charge in [-0.3, -0.25) is 19.2 Å². The summed E-state index contributed by atoms with van der Waals surface area (Å²) in [5.74, 6) is -4.14. The topological polar surface area (TPSA) is 235 Å². The Balaban J connectivity index is 0. The summed E-state index contributed by atoms with van der Waals surface area (Å²) in [7, 11) is 2.35. The third-order valence-electron chi connectivity index (χ3n) is 7.14. The van der Waals surface area contributed by atoms with E-state index >= 15 is 0 Å². The third-order valence-corrected chi connectivity index (χ3v) is 7.14. The van der Waals surface area contributed by atoms with Gasteiger partial charge in [0.2, 0.25) is 23.6 Å². The molecule has 0 heterocycles. The molecule has 0 fully saturated rings. The monoisotopic (exact) mass is 747 g/mol. The molecule has 0 aliphatic rings. The Kier molecular flexibility index (Phi) is 25.0. The molecule has 4 unspecified atom stereocenters. The number of hydrogen-bond acceptors (Lipinski definition) is 11. The Morgan fingerprint density at radius 2 is 0.981 bits per heavy atom. The van der Waals surface area contributed by atoms with E-state index in [1.54, 1.807) is 6.92 Å². The number of ether oxygens (including phenoxy) is 2. The normalized spacial score (nSPS) is 12.7. The minimum atomic E-state index is -1.17. The number of carbonyl (C=O) groups excluding carboxylic acids is 6. The van der Waals surface area contributed by atoms with Crippen molar-refractivity contribution < 1.29 is 48.5 Å². The van der Waals surface area contributed by atoms with E-state index in [2.05, 4.69) is 30.7 Å². The van der Waals surface area contributed by atoms with Gasteiger partial charge in [0.25, 0.3) is 0 Å². The Hall–Kier alpha value is -5.18. The zero-order valence-corrected chi connectivity index (χ0v) is 33.2. The third kappa shape index (κ3) is 16.8. The number of benzene rings is 2. The molecule has 0 saturated heterocycles. The van der Waals surface area contributed by atoms with Crippen molar-refractivity contribution in [3.05, 3.63) is 47.5 Å². The van der Waals surface area contributed by atoms with Crippen molar-refractivity contribution >= 4 is 35.6 Å². The smallest absolute Gasteiger partial charge is 0.328 e. The Morgan fingerprint density at radius 1 is 0.623 bits per heavy atom. The number of rotatable bonds is 15. The molecule has 15 heteroatoms. The van der Waals surface area contributed by atoms with Crippen LogP contribution in [0.15, 0.2) is 36.4 Å². The lowest BCUT2D eigenvalue weighted by atomic mass is 9.94. The van der Waals surface area contributed by atoms with Crippen molar-refractivity contribution in [2.75, 3.05) is 14.2 Å². The fraction of sp³-hybridized carbons (Fsp3) is 0.526. The van der Waals surface area contributed by atoms with Gasteiger partial charge >= 0.3 is 11.9 Å². The van der Waals surface area contributed by atoms with Gasteiger partial charge < -0.3 is 46.7 Å². The zero-order valence-electron chi connectivity index (χ0n) is 33.2. The van der Waals surface area contributed by atoms with Crippen LogP contribution in [0.1, 0.15) is 86.8 Å². The van der Waals surface area contributed by atoms with Gasteiger partial charge in [-0.15, -0.1) is 0 Å². The number of nitrogens with one attached hydrogen (secondary N) is 4. The van der Waals surface area contributed by atoms with Crippen molar-refractivity contribution in [1.82, 2.24) is 21.3 Å². The molecule has 0 aliphatic heterocycles. The maximum absolute atomic E-state index is 13.1. The number of aromatic hydroxyl groups is 2. The molecule has 15 nitrogen and oxygen atoms in total. The van der Waals surface area contributed by atoms with Crippen molar-refractivity contribution in [2.45, 2.75) is 119 Å². The maximum atomic E-state index is 13.1. The molecule has 0 aromatic heterocycles. The number of methoxy groups -OCH3 is 2. The van der Waals surface area contributed by atoms with Gasteiger partial charge in [0.1, 0.15) is 35.7 Å². The van der Waals surface area contributed by atoms with Crippen LogP contribution in [0.4, 0.5) is 0 Å². The quantitative estimate of drug-likeness (QED) is 0.131. The van der Waals surface area contributed by atoms with Crippen LogP contribution in [0.2, 0.25) is 0 Å². The predicted molar refractivity (Wildman–Crippen MR) is 204 cm³/mol. The predicted octanol–water partition coefficient (Wildman–Crippen LogP) is 3.01. The minimum absolute atomic E-state index is 0.0386. The first-order chi connectivity index (χ1) is 25.1. The van der Waals surface area contributed by atoms with Gasteiger partial charge in [0.15, 0.2) is 0 Å². The maximum Gasteiger partial charge on any atom is 0.328 e. The SMILES string of the molecule is CC.CC.CC.CCC(=O)NC(Cc1ccc(O)c(-c2cc(CC(NC(=O)C(C)N)C(=O)NC(C)C(=O)OC)ccc2O)c1)C(=O)N[C@@H](C)C(=O)OC. The van der Waals surface area contributed by atoms with Gasteiger partial charge in [-0.05, 0) is 56.2 Å². The van der Waals surface area contributed by atoms with Crippen LogP contribution in [0.25, 0.3) is 11.1 Å². The first-order valence-electron chi connectivity index (χ1n) is 17.9. The molecule has 0 spiro atoms. The largest absolute Gasteiger partial charge is 0.507 e. The summed E-state index contributed by atoms with van der Waals surface area (Å²) in [4.78, 5) is 74.4. The zero-order chi connectivity index (χ0) is 41.4. The summed E-state index contributed by atoms with van der Waals surface area (Å²) >= 11 is 0. The lowest BCUT2D eigenvalue weighted by Gasteiger charge is -2.22. The van der Waals surface area contributed by atoms with Crippen LogP contribution in [0.5, 0.6) is 11.5 Å². The number of esters is 2. The van der Waals surface area contributed by atoms with Gasteiger partial charge in [0, 0.05) is 30.4 Å². The molecule has 0 saturated carbocycles. The Morgan fingerprint density at radius 3 is 1.30 bits per heavy atom. The number of phenolic OH excluding ortho intramolecular Hbond substituents is 2. The first-order valence-corrected chi connectivity index (χ1v) is 17.9. The van der Waals surface area contributed by atoms with Crippen LogP contribution >= 0.6 is 0 Å². The molecule has 0 radical (unpaired) electrons. The molecule has 2 aromatic rings. The Bertz CT molecular complexity index is 1480. The van der Waals surface area contributed by atoms with E-state index in [-0.39, 0.29) is 41.9 Å². The van der Waals surface area contributed by atoms with E-state index < -0.39 is 65.8 Å². The summed E-state index contributed by atoms with van der Waals surface area (Å²) in [6, 6.07) is 3.62. The summed E-state index contributed by atoms with van der Waals surface area (Å²) in [5, 5.41) is 31.7. The van der Waals surface area contributed by atoms with Crippen LogP contribution < -0.4 is 27.0 Å². The highest BCUT2D eigenvalue weighted by Crippen LogP contribution is 2.37. The van der Waals surface area contributed by atoms with Crippen molar-refractivity contribution in [3.63, 3.8) is 0 Å². The molecule has 4 amide bonds. The highest BCUT2D eigenvalue weighted by atomic mass is 16.5. The van der Waals surface area contributed by atoms with Crippen LogP contribution in [0.3, 0.4) is 0 Å². The molecular weight excluding hydrogens is 686 g/mol. The van der Waals surface area contributed by atoms with E-state index in [1.807, 2.05) is 41.5 Å². The number of hydrogen-bond donors (Lipinski definition) is 7. The summed E-state index contributed by atoms with van der Waals surface area (Å²) < 4.78 is 9.30. The van der Waals surface area contributed by atoms with Crippen molar-refractivity contribution in [2.24, 2.45) is 5.73 Å². The van der Waals surface area contributed by atoms with E-state index in [9.17, 15) is 39.0 Å². The number of carbonyl (C=O) groups is 6. The van der Waals surface area contributed by atoms with E-state index in [0.29, 0.717) is 11.1 Å². The average molecular weight is 748 g/mol. The molecule has 298 valence electrons. The molecule has 2 rings (SSSR count). The number of phenols is 2.